The second-order valence-corrected chi connectivity index (χ2v) is 3.16. The Bertz CT molecular complexity index is 329. The van der Waals surface area contributed by atoms with Gasteiger partial charge in [0.25, 0.3) is 0 Å². The summed E-state index contributed by atoms with van der Waals surface area (Å²) in [5.41, 5.74) is 1.86. The van der Waals surface area contributed by atoms with Crippen molar-refractivity contribution < 1.29 is 9.53 Å². The molecule has 0 fully saturated rings. The Labute approximate surface area is 84.9 Å². The Morgan fingerprint density at radius 2 is 2.07 bits per heavy atom. The van der Waals surface area contributed by atoms with Gasteiger partial charge < -0.3 is 4.74 Å². The Kier molecular flexibility index (Phi) is 3.69. The van der Waals surface area contributed by atoms with Crippen LogP contribution in [0, 0.1) is 0 Å². The van der Waals surface area contributed by atoms with E-state index in [0.29, 0.717) is 6.61 Å². The highest BCUT2D eigenvalue weighted by atomic mass is 16.5. The number of Topliss-reactive ketones (excluding diaryl/α,β-unsaturated/α-hetero) is 1. The van der Waals surface area contributed by atoms with Crippen molar-refractivity contribution in [2.24, 2.45) is 0 Å². The molecule has 2 heteroatoms. The van der Waals surface area contributed by atoms with Crippen LogP contribution in [0.5, 0.6) is 5.75 Å². The molecule has 76 valence electrons. The highest BCUT2D eigenvalue weighted by Crippen LogP contribution is 2.19. The first kappa shape index (κ1) is 10.8. The fraction of sp³-hybridized carbons (Fsp3) is 0.417. The predicted molar refractivity (Wildman–Crippen MR) is 57.0 cm³/mol. The number of carbonyl (C=O) groups excluding carboxylic acids is 1. The number of aryl methyl sites for hydroxylation is 1. The van der Waals surface area contributed by atoms with E-state index in [4.69, 9.17) is 4.74 Å². The molecule has 14 heavy (non-hydrogen) atoms. The van der Waals surface area contributed by atoms with Gasteiger partial charge in [-0.15, -0.1) is 0 Å². The van der Waals surface area contributed by atoms with Crippen molar-refractivity contribution in [2.75, 3.05) is 6.61 Å². The van der Waals surface area contributed by atoms with E-state index in [1.165, 1.54) is 0 Å². The Balaban J connectivity index is 3.05. The van der Waals surface area contributed by atoms with Crippen LogP contribution in [0.15, 0.2) is 18.2 Å². The summed E-state index contributed by atoms with van der Waals surface area (Å²) in [5.74, 6) is 0.958. The van der Waals surface area contributed by atoms with E-state index in [-0.39, 0.29) is 5.78 Å². The van der Waals surface area contributed by atoms with Crippen molar-refractivity contribution >= 4 is 5.78 Å². The molecule has 0 aromatic heterocycles. The predicted octanol–water partition coefficient (Wildman–Crippen LogP) is 2.85. The van der Waals surface area contributed by atoms with Gasteiger partial charge in [0.2, 0.25) is 0 Å². The molecule has 0 N–H and O–H groups in total. The first-order chi connectivity index (χ1) is 6.69. The van der Waals surface area contributed by atoms with Crippen LogP contribution in [0.4, 0.5) is 0 Å². The van der Waals surface area contributed by atoms with Gasteiger partial charge in [0, 0.05) is 5.56 Å². The summed E-state index contributed by atoms with van der Waals surface area (Å²) in [5, 5.41) is 0. The Hall–Kier alpha value is -1.31. The molecule has 0 saturated carbocycles. The average molecular weight is 192 g/mol. The Morgan fingerprint density at radius 3 is 2.57 bits per heavy atom. The van der Waals surface area contributed by atoms with Crippen LogP contribution in [-0.4, -0.2) is 12.4 Å². The van der Waals surface area contributed by atoms with Crippen LogP contribution in [-0.2, 0) is 6.42 Å². The van der Waals surface area contributed by atoms with Gasteiger partial charge in [-0.05, 0) is 44.0 Å². The van der Waals surface area contributed by atoms with E-state index in [0.717, 1.165) is 23.3 Å². The number of ketones is 1. The maximum absolute atomic E-state index is 11.3. The molecule has 2 nitrogen and oxygen atoms in total. The summed E-state index contributed by atoms with van der Waals surface area (Å²) in [7, 11) is 0. The highest BCUT2D eigenvalue weighted by molar-refractivity contribution is 5.95. The molecule has 0 unspecified atom stereocenters. The minimum absolute atomic E-state index is 0.116. The summed E-state index contributed by atoms with van der Waals surface area (Å²) in [6.07, 6.45) is 0.857. The highest BCUT2D eigenvalue weighted by Gasteiger charge is 2.06. The van der Waals surface area contributed by atoms with Crippen molar-refractivity contribution in [2.45, 2.75) is 27.2 Å². The monoisotopic (exact) mass is 192 g/mol. The minimum Gasteiger partial charge on any atom is -0.494 e. The molecule has 0 aliphatic heterocycles. The summed E-state index contributed by atoms with van der Waals surface area (Å²) < 4.78 is 5.37. The van der Waals surface area contributed by atoms with Gasteiger partial charge in [0.1, 0.15) is 5.75 Å². The zero-order valence-corrected chi connectivity index (χ0v) is 8.96. The van der Waals surface area contributed by atoms with Crippen LogP contribution < -0.4 is 4.74 Å². The van der Waals surface area contributed by atoms with Crippen LogP contribution >= 0.6 is 0 Å². The molecule has 0 atom stereocenters. The molecular weight excluding hydrogens is 176 g/mol. The lowest BCUT2D eigenvalue weighted by atomic mass is 10.0. The van der Waals surface area contributed by atoms with Crippen molar-refractivity contribution in [1.82, 2.24) is 0 Å². The molecule has 0 radical (unpaired) electrons. The molecule has 1 aromatic carbocycles. The zero-order valence-electron chi connectivity index (χ0n) is 8.96. The summed E-state index contributed by atoms with van der Waals surface area (Å²) in [4.78, 5) is 11.3. The summed E-state index contributed by atoms with van der Waals surface area (Å²) in [6.45, 7) is 6.24. The van der Waals surface area contributed by atoms with Crippen LogP contribution in [0.3, 0.4) is 0 Å². The number of rotatable bonds is 4. The fourth-order valence-electron chi connectivity index (χ4n) is 1.46. The molecule has 0 aliphatic carbocycles. The standard InChI is InChI=1S/C12H16O2/c1-4-10-8-11(14-5-2)6-7-12(10)9(3)13/h6-8H,4-5H2,1-3H3. The quantitative estimate of drug-likeness (QED) is 0.686. The molecular formula is C12H16O2. The van der Waals surface area contributed by atoms with Gasteiger partial charge in [-0.25, -0.2) is 0 Å². The van der Waals surface area contributed by atoms with E-state index in [1.54, 1.807) is 6.92 Å². The van der Waals surface area contributed by atoms with E-state index in [1.807, 2.05) is 32.0 Å². The molecule has 1 rings (SSSR count). The average Bonchev–Trinajstić information content (AvgIpc) is 2.17. The van der Waals surface area contributed by atoms with Gasteiger partial charge in [0.05, 0.1) is 6.61 Å². The molecule has 1 aromatic rings. The molecule has 0 heterocycles. The van der Waals surface area contributed by atoms with E-state index in [9.17, 15) is 4.79 Å². The van der Waals surface area contributed by atoms with Crippen molar-refractivity contribution in [3.8, 4) is 5.75 Å². The molecule has 0 spiro atoms. The van der Waals surface area contributed by atoms with Crippen molar-refractivity contribution in [1.29, 1.82) is 0 Å². The van der Waals surface area contributed by atoms with Gasteiger partial charge >= 0.3 is 0 Å². The number of hydrogen-bond donors (Lipinski definition) is 0. The molecule has 0 aliphatic rings. The lowest BCUT2D eigenvalue weighted by molar-refractivity contribution is 0.101. The van der Waals surface area contributed by atoms with E-state index >= 15 is 0 Å². The molecule has 0 saturated heterocycles. The first-order valence-corrected chi connectivity index (χ1v) is 4.95. The minimum atomic E-state index is 0.116. The van der Waals surface area contributed by atoms with Gasteiger partial charge in [-0.2, -0.15) is 0 Å². The SMILES string of the molecule is CCOc1ccc(C(C)=O)c(CC)c1. The third kappa shape index (κ3) is 2.34. The third-order valence-electron chi connectivity index (χ3n) is 2.15. The Morgan fingerprint density at radius 1 is 1.36 bits per heavy atom. The number of hydrogen-bond acceptors (Lipinski definition) is 2. The van der Waals surface area contributed by atoms with Gasteiger partial charge in [0.15, 0.2) is 5.78 Å². The summed E-state index contributed by atoms with van der Waals surface area (Å²) >= 11 is 0. The van der Waals surface area contributed by atoms with Crippen molar-refractivity contribution in [3.05, 3.63) is 29.3 Å². The largest absolute Gasteiger partial charge is 0.494 e. The summed E-state index contributed by atoms with van der Waals surface area (Å²) in [6, 6.07) is 5.63. The van der Waals surface area contributed by atoms with E-state index < -0.39 is 0 Å². The van der Waals surface area contributed by atoms with Gasteiger partial charge in [-0.3, -0.25) is 4.79 Å². The second-order valence-electron chi connectivity index (χ2n) is 3.16. The van der Waals surface area contributed by atoms with Crippen LogP contribution in [0.2, 0.25) is 0 Å². The lowest BCUT2D eigenvalue weighted by Gasteiger charge is -2.08. The maximum Gasteiger partial charge on any atom is 0.160 e. The molecule has 0 bridgehead atoms. The number of ether oxygens (including phenoxy) is 1. The first-order valence-electron chi connectivity index (χ1n) is 4.95. The zero-order chi connectivity index (χ0) is 10.6. The number of carbonyl (C=O) groups is 1. The topological polar surface area (TPSA) is 26.3 Å². The third-order valence-corrected chi connectivity index (χ3v) is 2.15. The smallest absolute Gasteiger partial charge is 0.160 e. The number of benzene rings is 1. The van der Waals surface area contributed by atoms with Crippen molar-refractivity contribution in [3.63, 3.8) is 0 Å². The van der Waals surface area contributed by atoms with Gasteiger partial charge in [-0.1, -0.05) is 6.92 Å². The lowest BCUT2D eigenvalue weighted by Crippen LogP contribution is -2.00. The normalized spacial score (nSPS) is 9.93. The second kappa shape index (κ2) is 4.80. The fourth-order valence-corrected chi connectivity index (χ4v) is 1.46. The van der Waals surface area contributed by atoms with Crippen LogP contribution in [0.1, 0.15) is 36.7 Å². The molecule has 0 amide bonds. The van der Waals surface area contributed by atoms with Crippen LogP contribution in [0.25, 0.3) is 0 Å². The van der Waals surface area contributed by atoms with E-state index in [2.05, 4.69) is 0 Å². The maximum atomic E-state index is 11.3.